The van der Waals surface area contributed by atoms with Crippen molar-refractivity contribution in [1.29, 1.82) is 0 Å². The first-order chi connectivity index (χ1) is 8.18. The van der Waals surface area contributed by atoms with Crippen LogP contribution in [0.2, 0.25) is 0 Å². The summed E-state index contributed by atoms with van der Waals surface area (Å²) in [6.07, 6.45) is 6.92. The average molecular weight is 234 g/mol. The van der Waals surface area contributed by atoms with Crippen molar-refractivity contribution in [1.82, 2.24) is 20.7 Å². The summed E-state index contributed by atoms with van der Waals surface area (Å²) in [5.74, 6) is -0.157. The molecule has 0 saturated carbocycles. The third kappa shape index (κ3) is 2.72. The Hall–Kier alpha value is -1.65. The van der Waals surface area contributed by atoms with Gasteiger partial charge in [-0.2, -0.15) is 15.4 Å². The molecule has 0 aliphatic heterocycles. The number of carbonyl (C=O) groups is 1. The number of allylic oxidation sites excluding steroid dienone is 1. The Bertz CT molecular complexity index is 435. The van der Waals surface area contributed by atoms with E-state index in [0.717, 1.165) is 12.8 Å². The largest absolute Gasteiger partial charge is 0.344 e. The summed E-state index contributed by atoms with van der Waals surface area (Å²) in [5, 5.41) is 13.1. The van der Waals surface area contributed by atoms with Crippen LogP contribution in [0, 0.1) is 6.92 Å². The lowest BCUT2D eigenvalue weighted by Crippen LogP contribution is -2.35. The summed E-state index contributed by atoms with van der Waals surface area (Å²) in [5.41, 5.74) is 2.34. The molecule has 1 heterocycles. The number of hydrogen-bond donors (Lipinski definition) is 2. The molecule has 5 heteroatoms. The molecule has 1 aromatic heterocycles. The molecule has 1 amide bonds. The standard InChI is InChI=1S/C12H18N4O/c1-8(10-6-4-3-5-7-10)13-12(17)11-9(2)14-16-15-11/h6,8H,3-5,7H2,1-2H3,(H,13,17)(H,14,15,16). The van der Waals surface area contributed by atoms with Gasteiger partial charge in [0.2, 0.25) is 0 Å². The highest BCUT2D eigenvalue weighted by molar-refractivity contribution is 5.93. The molecule has 17 heavy (non-hydrogen) atoms. The van der Waals surface area contributed by atoms with Gasteiger partial charge in [-0.3, -0.25) is 4.79 Å². The van der Waals surface area contributed by atoms with E-state index < -0.39 is 0 Å². The summed E-state index contributed by atoms with van der Waals surface area (Å²) in [6.45, 7) is 3.79. The number of aryl methyl sites for hydroxylation is 1. The quantitative estimate of drug-likeness (QED) is 0.782. The lowest BCUT2D eigenvalue weighted by molar-refractivity contribution is 0.0939. The topological polar surface area (TPSA) is 70.7 Å². The van der Waals surface area contributed by atoms with E-state index in [0.29, 0.717) is 11.4 Å². The zero-order valence-corrected chi connectivity index (χ0v) is 10.3. The molecule has 2 rings (SSSR count). The van der Waals surface area contributed by atoms with Crippen molar-refractivity contribution in [2.24, 2.45) is 0 Å². The van der Waals surface area contributed by atoms with Crippen LogP contribution in [0.1, 0.15) is 48.8 Å². The van der Waals surface area contributed by atoms with Gasteiger partial charge >= 0.3 is 0 Å². The molecule has 0 fully saturated rings. The second kappa shape index (κ2) is 5.12. The minimum atomic E-state index is -0.157. The van der Waals surface area contributed by atoms with Gasteiger partial charge in [-0.25, -0.2) is 0 Å². The summed E-state index contributed by atoms with van der Waals surface area (Å²) < 4.78 is 0. The Labute approximate surface area is 101 Å². The normalized spacial score (nSPS) is 17.4. The second-order valence-corrected chi connectivity index (χ2v) is 4.48. The lowest BCUT2D eigenvalue weighted by atomic mass is 9.94. The molecule has 1 aliphatic rings. The van der Waals surface area contributed by atoms with Gasteiger partial charge in [0, 0.05) is 6.04 Å². The molecule has 1 unspecified atom stereocenters. The first-order valence-electron chi connectivity index (χ1n) is 6.05. The van der Waals surface area contributed by atoms with Gasteiger partial charge in [-0.1, -0.05) is 11.6 Å². The van der Waals surface area contributed by atoms with Crippen LogP contribution in [0.25, 0.3) is 0 Å². The van der Waals surface area contributed by atoms with Crippen LogP contribution in [-0.2, 0) is 0 Å². The Balaban J connectivity index is 1.99. The number of aromatic amines is 1. The summed E-state index contributed by atoms with van der Waals surface area (Å²) in [7, 11) is 0. The molecule has 1 atom stereocenters. The van der Waals surface area contributed by atoms with E-state index >= 15 is 0 Å². The number of nitrogens with one attached hydrogen (secondary N) is 2. The van der Waals surface area contributed by atoms with Gasteiger partial charge in [-0.05, 0) is 39.5 Å². The van der Waals surface area contributed by atoms with Crippen LogP contribution >= 0.6 is 0 Å². The van der Waals surface area contributed by atoms with Crippen LogP contribution in [0.3, 0.4) is 0 Å². The van der Waals surface area contributed by atoms with Gasteiger partial charge in [-0.15, -0.1) is 0 Å². The number of nitrogens with zero attached hydrogens (tertiary/aromatic N) is 2. The Morgan fingerprint density at radius 1 is 1.47 bits per heavy atom. The molecule has 0 saturated heterocycles. The van der Waals surface area contributed by atoms with Crippen LogP contribution in [-0.4, -0.2) is 27.4 Å². The summed E-state index contributed by atoms with van der Waals surface area (Å²) in [4.78, 5) is 11.9. The minimum Gasteiger partial charge on any atom is -0.344 e. The van der Waals surface area contributed by atoms with E-state index in [-0.39, 0.29) is 11.9 Å². The molecule has 5 nitrogen and oxygen atoms in total. The highest BCUT2D eigenvalue weighted by Crippen LogP contribution is 2.20. The van der Waals surface area contributed by atoms with E-state index in [1.165, 1.54) is 18.4 Å². The van der Waals surface area contributed by atoms with Crippen molar-refractivity contribution in [3.63, 3.8) is 0 Å². The third-order valence-corrected chi connectivity index (χ3v) is 3.17. The van der Waals surface area contributed by atoms with Crippen molar-refractivity contribution in [2.75, 3.05) is 0 Å². The molecule has 1 aromatic rings. The predicted molar refractivity (Wildman–Crippen MR) is 64.6 cm³/mol. The molecule has 0 radical (unpaired) electrons. The van der Waals surface area contributed by atoms with Crippen LogP contribution in [0.5, 0.6) is 0 Å². The van der Waals surface area contributed by atoms with Crippen molar-refractivity contribution in [3.05, 3.63) is 23.0 Å². The van der Waals surface area contributed by atoms with E-state index in [1.54, 1.807) is 6.92 Å². The van der Waals surface area contributed by atoms with Gasteiger partial charge in [0.05, 0.1) is 5.69 Å². The fourth-order valence-electron chi connectivity index (χ4n) is 2.11. The minimum absolute atomic E-state index is 0.0823. The number of hydrogen-bond acceptors (Lipinski definition) is 3. The Morgan fingerprint density at radius 2 is 2.29 bits per heavy atom. The van der Waals surface area contributed by atoms with E-state index in [1.807, 2.05) is 6.92 Å². The van der Waals surface area contributed by atoms with Gasteiger partial charge < -0.3 is 5.32 Å². The molecule has 92 valence electrons. The number of rotatable bonds is 3. The van der Waals surface area contributed by atoms with Crippen molar-refractivity contribution in [3.8, 4) is 0 Å². The highest BCUT2D eigenvalue weighted by atomic mass is 16.2. The smallest absolute Gasteiger partial charge is 0.274 e. The predicted octanol–water partition coefficient (Wildman–Crippen LogP) is 1.73. The maximum absolute atomic E-state index is 11.9. The first-order valence-corrected chi connectivity index (χ1v) is 6.05. The maximum atomic E-state index is 11.9. The lowest BCUT2D eigenvalue weighted by Gasteiger charge is -2.20. The van der Waals surface area contributed by atoms with Crippen molar-refractivity contribution < 1.29 is 4.79 Å². The summed E-state index contributed by atoms with van der Waals surface area (Å²) in [6, 6.07) is 0.0823. The van der Waals surface area contributed by atoms with Crippen LogP contribution in [0.15, 0.2) is 11.6 Å². The van der Waals surface area contributed by atoms with Crippen molar-refractivity contribution in [2.45, 2.75) is 45.6 Å². The van der Waals surface area contributed by atoms with Crippen LogP contribution in [0.4, 0.5) is 0 Å². The molecular weight excluding hydrogens is 216 g/mol. The Kier molecular flexibility index (Phi) is 3.56. The zero-order valence-electron chi connectivity index (χ0n) is 10.3. The van der Waals surface area contributed by atoms with Crippen molar-refractivity contribution >= 4 is 5.91 Å². The van der Waals surface area contributed by atoms with Gasteiger partial charge in [0.1, 0.15) is 0 Å². The number of amides is 1. The Morgan fingerprint density at radius 3 is 2.88 bits per heavy atom. The second-order valence-electron chi connectivity index (χ2n) is 4.48. The number of H-pyrrole nitrogens is 1. The first kappa shape index (κ1) is 11.8. The monoisotopic (exact) mass is 234 g/mol. The fourth-order valence-corrected chi connectivity index (χ4v) is 2.11. The molecule has 2 N–H and O–H groups in total. The molecule has 0 spiro atoms. The molecule has 0 aromatic carbocycles. The third-order valence-electron chi connectivity index (χ3n) is 3.17. The number of carbonyl (C=O) groups excluding carboxylic acids is 1. The average Bonchev–Trinajstić information content (AvgIpc) is 2.76. The van der Waals surface area contributed by atoms with E-state index in [9.17, 15) is 4.79 Å². The van der Waals surface area contributed by atoms with Gasteiger partial charge in [0.25, 0.3) is 5.91 Å². The van der Waals surface area contributed by atoms with Crippen LogP contribution < -0.4 is 5.32 Å². The highest BCUT2D eigenvalue weighted by Gasteiger charge is 2.18. The number of aromatic nitrogens is 3. The van der Waals surface area contributed by atoms with Gasteiger partial charge in [0.15, 0.2) is 5.69 Å². The fraction of sp³-hybridized carbons (Fsp3) is 0.583. The molecule has 1 aliphatic carbocycles. The zero-order chi connectivity index (χ0) is 12.3. The van der Waals surface area contributed by atoms with E-state index in [2.05, 4.69) is 26.8 Å². The summed E-state index contributed by atoms with van der Waals surface area (Å²) >= 11 is 0. The molecular formula is C12H18N4O. The molecule has 0 bridgehead atoms. The van der Waals surface area contributed by atoms with E-state index in [4.69, 9.17) is 0 Å². The SMILES string of the molecule is Cc1n[nH]nc1C(=O)NC(C)C1=CCCCC1. The maximum Gasteiger partial charge on any atom is 0.274 e.